The van der Waals surface area contributed by atoms with Crippen molar-refractivity contribution in [2.75, 3.05) is 31.4 Å². The first-order valence-corrected chi connectivity index (χ1v) is 6.68. The van der Waals surface area contributed by atoms with Gasteiger partial charge in [0.2, 0.25) is 5.91 Å². The molecule has 2 fully saturated rings. The Morgan fingerprint density at radius 1 is 1.60 bits per heavy atom. The predicted molar refractivity (Wildman–Crippen MR) is 60.8 cm³/mol. The Labute approximate surface area is 94.5 Å². The summed E-state index contributed by atoms with van der Waals surface area (Å²) in [5, 5.41) is 6.16. The lowest BCUT2D eigenvalue weighted by Gasteiger charge is -2.22. The number of thioether (sulfide) groups is 1. The Hall–Kier alpha value is -0.260. The van der Waals surface area contributed by atoms with Gasteiger partial charge in [0.05, 0.1) is 12.6 Å². The highest BCUT2D eigenvalue weighted by molar-refractivity contribution is 7.99. The smallest absolute Gasteiger partial charge is 0.238 e. The fraction of sp³-hybridized carbons (Fsp3) is 0.900. The third-order valence-corrected chi connectivity index (χ3v) is 3.79. The molecule has 5 heteroatoms. The molecule has 2 N–H and O–H groups in total. The molecule has 0 saturated carbocycles. The molecule has 2 heterocycles. The zero-order valence-corrected chi connectivity index (χ0v) is 9.65. The van der Waals surface area contributed by atoms with Crippen molar-refractivity contribution in [3.05, 3.63) is 0 Å². The first-order chi connectivity index (χ1) is 7.36. The van der Waals surface area contributed by atoms with Crippen LogP contribution in [-0.4, -0.2) is 43.3 Å². The first-order valence-electron chi connectivity index (χ1n) is 5.53. The molecule has 0 spiro atoms. The average molecular weight is 230 g/mol. The van der Waals surface area contributed by atoms with E-state index >= 15 is 0 Å². The van der Waals surface area contributed by atoms with Gasteiger partial charge in [0.1, 0.15) is 0 Å². The molecular formula is C10H18N2O2S. The molecule has 2 saturated heterocycles. The summed E-state index contributed by atoms with van der Waals surface area (Å²) in [7, 11) is 0. The fourth-order valence-corrected chi connectivity index (χ4v) is 2.84. The summed E-state index contributed by atoms with van der Waals surface area (Å²) in [6.45, 7) is 2.44. The molecule has 15 heavy (non-hydrogen) atoms. The Bertz CT molecular complexity index is 213. The van der Waals surface area contributed by atoms with Crippen LogP contribution in [0.2, 0.25) is 0 Å². The standard InChI is InChI=1S/C10H18N2O2S/c13-10(9-6-15-7-12-9)11-4-8-2-1-3-14-5-8/h8-9,12H,1-7H2,(H,11,13). The minimum atomic E-state index is 0.0134. The lowest BCUT2D eigenvalue weighted by Crippen LogP contribution is -2.44. The van der Waals surface area contributed by atoms with E-state index in [2.05, 4.69) is 10.6 Å². The molecule has 1 amide bonds. The maximum absolute atomic E-state index is 11.7. The zero-order valence-electron chi connectivity index (χ0n) is 8.83. The van der Waals surface area contributed by atoms with Gasteiger partial charge < -0.3 is 10.1 Å². The van der Waals surface area contributed by atoms with Gasteiger partial charge in [-0.15, -0.1) is 11.8 Å². The molecular weight excluding hydrogens is 212 g/mol. The SMILES string of the molecule is O=C(NCC1CCCOC1)C1CSCN1. The van der Waals surface area contributed by atoms with E-state index in [1.54, 1.807) is 11.8 Å². The van der Waals surface area contributed by atoms with Crippen LogP contribution in [0.4, 0.5) is 0 Å². The minimum Gasteiger partial charge on any atom is -0.381 e. The molecule has 0 radical (unpaired) electrons. The van der Waals surface area contributed by atoms with Crippen LogP contribution < -0.4 is 10.6 Å². The van der Waals surface area contributed by atoms with Crippen molar-refractivity contribution >= 4 is 17.7 Å². The predicted octanol–water partition coefficient (Wildman–Crippen LogP) is 0.192. The number of rotatable bonds is 3. The van der Waals surface area contributed by atoms with Crippen LogP contribution in [0.3, 0.4) is 0 Å². The van der Waals surface area contributed by atoms with Gasteiger partial charge in [0, 0.05) is 24.8 Å². The number of hydrogen-bond donors (Lipinski definition) is 2. The van der Waals surface area contributed by atoms with Crippen LogP contribution >= 0.6 is 11.8 Å². The van der Waals surface area contributed by atoms with Gasteiger partial charge in [-0.3, -0.25) is 10.1 Å². The van der Waals surface area contributed by atoms with Crippen molar-refractivity contribution in [3.63, 3.8) is 0 Å². The molecule has 0 bridgehead atoms. The van der Waals surface area contributed by atoms with E-state index in [1.807, 2.05) is 0 Å². The number of carbonyl (C=O) groups excluding carboxylic acids is 1. The average Bonchev–Trinajstić information content (AvgIpc) is 2.81. The number of hydrogen-bond acceptors (Lipinski definition) is 4. The molecule has 2 atom stereocenters. The second-order valence-corrected chi connectivity index (χ2v) is 5.13. The summed E-state index contributed by atoms with van der Waals surface area (Å²) in [4.78, 5) is 11.7. The van der Waals surface area contributed by atoms with E-state index < -0.39 is 0 Å². The van der Waals surface area contributed by atoms with E-state index in [9.17, 15) is 4.79 Å². The van der Waals surface area contributed by atoms with Crippen LogP contribution in [0, 0.1) is 5.92 Å². The van der Waals surface area contributed by atoms with Crippen LogP contribution in [-0.2, 0) is 9.53 Å². The summed E-state index contributed by atoms with van der Waals surface area (Å²) >= 11 is 1.78. The van der Waals surface area contributed by atoms with Gasteiger partial charge in [-0.05, 0) is 18.8 Å². The van der Waals surface area contributed by atoms with Gasteiger partial charge in [-0.1, -0.05) is 0 Å². The highest BCUT2D eigenvalue weighted by Gasteiger charge is 2.23. The largest absolute Gasteiger partial charge is 0.381 e. The quantitative estimate of drug-likeness (QED) is 0.727. The normalized spacial score (nSPS) is 31.5. The van der Waals surface area contributed by atoms with Crippen LogP contribution in [0.25, 0.3) is 0 Å². The highest BCUT2D eigenvalue weighted by atomic mass is 32.2. The molecule has 86 valence electrons. The zero-order chi connectivity index (χ0) is 10.5. The van der Waals surface area contributed by atoms with Gasteiger partial charge in [-0.2, -0.15) is 0 Å². The van der Waals surface area contributed by atoms with Crippen molar-refractivity contribution in [3.8, 4) is 0 Å². The third kappa shape index (κ3) is 3.36. The monoisotopic (exact) mass is 230 g/mol. The number of amides is 1. The summed E-state index contributed by atoms with van der Waals surface area (Å²) in [6, 6.07) is 0.0134. The van der Waals surface area contributed by atoms with Crippen molar-refractivity contribution in [2.45, 2.75) is 18.9 Å². The van der Waals surface area contributed by atoms with Crippen LogP contribution in [0.15, 0.2) is 0 Å². The second kappa shape index (κ2) is 5.72. The van der Waals surface area contributed by atoms with Gasteiger partial charge in [0.15, 0.2) is 0 Å². The Morgan fingerprint density at radius 2 is 2.53 bits per heavy atom. The van der Waals surface area contributed by atoms with Crippen LogP contribution in [0.1, 0.15) is 12.8 Å². The molecule has 0 aliphatic carbocycles. The maximum Gasteiger partial charge on any atom is 0.238 e. The Morgan fingerprint density at radius 3 is 3.20 bits per heavy atom. The van der Waals surface area contributed by atoms with E-state index in [1.165, 1.54) is 6.42 Å². The fourth-order valence-electron chi connectivity index (χ4n) is 1.90. The van der Waals surface area contributed by atoms with Crippen molar-refractivity contribution < 1.29 is 9.53 Å². The minimum absolute atomic E-state index is 0.0134. The molecule has 2 aliphatic heterocycles. The van der Waals surface area contributed by atoms with Gasteiger partial charge in [0.25, 0.3) is 0 Å². The summed E-state index contributed by atoms with van der Waals surface area (Å²) < 4.78 is 5.37. The molecule has 4 nitrogen and oxygen atoms in total. The number of nitrogens with one attached hydrogen (secondary N) is 2. The third-order valence-electron chi connectivity index (χ3n) is 2.85. The number of carbonyl (C=O) groups is 1. The lowest BCUT2D eigenvalue weighted by molar-refractivity contribution is -0.122. The van der Waals surface area contributed by atoms with E-state index in [4.69, 9.17) is 4.74 Å². The van der Waals surface area contributed by atoms with Gasteiger partial charge in [-0.25, -0.2) is 0 Å². The number of ether oxygens (including phenoxy) is 1. The summed E-state index contributed by atoms with van der Waals surface area (Å²) in [5.41, 5.74) is 0. The summed E-state index contributed by atoms with van der Waals surface area (Å²) in [6.07, 6.45) is 2.30. The Balaban J connectivity index is 1.65. The van der Waals surface area contributed by atoms with Crippen LogP contribution in [0.5, 0.6) is 0 Å². The molecule has 2 aliphatic rings. The molecule has 0 aromatic carbocycles. The molecule has 2 rings (SSSR count). The second-order valence-electron chi connectivity index (χ2n) is 4.10. The van der Waals surface area contributed by atoms with E-state index in [0.29, 0.717) is 5.92 Å². The van der Waals surface area contributed by atoms with Gasteiger partial charge >= 0.3 is 0 Å². The molecule has 0 aromatic rings. The van der Waals surface area contributed by atoms with E-state index in [0.717, 1.165) is 37.8 Å². The van der Waals surface area contributed by atoms with Crippen molar-refractivity contribution in [2.24, 2.45) is 5.92 Å². The first kappa shape index (κ1) is 11.2. The maximum atomic E-state index is 11.7. The highest BCUT2D eigenvalue weighted by Crippen LogP contribution is 2.13. The van der Waals surface area contributed by atoms with Crippen molar-refractivity contribution in [1.29, 1.82) is 0 Å². The Kier molecular flexibility index (Phi) is 4.29. The molecule has 2 unspecified atom stereocenters. The molecule has 0 aromatic heterocycles. The topological polar surface area (TPSA) is 50.4 Å². The summed E-state index contributed by atoms with van der Waals surface area (Å²) in [5.74, 6) is 2.44. The van der Waals surface area contributed by atoms with E-state index in [-0.39, 0.29) is 11.9 Å². The van der Waals surface area contributed by atoms with Crippen molar-refractivity contribution in [1.82, 2.24) is 10.6 Å². The lowest BCUT2D eigenvalue weighted by atomic mass is 10.0.